The van der Waals surface area contributed by atoms with E-state index in [9.17, 15) is 4.79 Å². The number of hydrogen-bond donors (Lipinski definition) is 2. The highest BCUT2D eigenvalue weighted by atomic mass is 35.5. The molecule has 0 spiro atoms. The highest BCUT2D eigenvalue weighted by molar-refractivity contribution is 6.30. The van der Waals surface area contributed by atoms with Crippen LogP contribution in [0.2, 0.25) is 5.02 Å². The van der Waals surface area contributed by atoms with E-state index in [0.29, 0.717) is 17.4 Å². The van der Waals surface area contributed by atoms with Crippen LogP contribution in [0.3, 0.4) is 0 Å². The fourth-order valence-corrected chi connectivity index (χ4v) is 2.23. The molecule has 3 N–H and O–H groups in total. The third-order valence-corrected chi connectivity index (χ3v) is 3.47. The third kappa shape index (κ3) is 2.48. The lowest BCUT2D eigenvalue weighted by Gasteiger charge is -2.08. The zero-order valence-corrected chi connectivity index (χ0v) is 11.4. The van der Waals surface area contributed by atoms with E-state index in [1.54, 1.807) is 6.07 Å². The summed E-state index contributed by atoms with van der Waals surface area (Å²) in [5, 5.41) is 3.43. The highest BCUT2D eigenvalue weighted by Crippen LogP contribution is 2.32. The quantitative estimate of drug-likeness (QED) is 0.913. The van der Waals surface area contributed by atoms with Gasteiger partial charge in [0.2, 0.25) is 5.91 Å². The molecular weight excluding hydrogens is 276 g/mol. The van der Waals surface area contributed by atoms with Gasteiger partial charge in [0.05, 0.1) is 0 Å². The van der Waals surface area contributed by atoms with Crippen LogP contribution >= 0.6 is 11.6 Å². The summed E-state index contributed by atoms with van der Waals surface area (Å²) in [6.45, 7) is 0.440. The summed E-state index contributed by atoms with van der Waals surface area (Å²) in [5.74, 6) is 0.503. The number of fused-ring (bicyclic) bond motifs is 1. The lowest BCUT2D eigenvalue weighted by molar-refractivity contribution is -0.116. The van der Waals surface area contributed by atoms with Crippen molar-refractivity contribution in [2.45, 2.75) is 12.6 Å². The second-order valence-electron chi connectivity index (χ2n) is 4.63. The van der Waals surface area contributed by atoms with Gasteiger partial charge in [-0.1, -0.05) is 29.8 Å². The SMILES string of the molecule is NC1C(=O)Nc2cc(OCc3ccc(Cl)cc3)ccc21. The predicted octanol–water partition coefficient (Wildman–Crippen LogP) is 2.87. The fraction of sp³-hybridized carbons (Fsp3) is 0.133. The number of carbonyl (C=O) groups excluding carboxylic acids is 1. The molecule has 102 valence electrons. The molecular formula is C15H13ClN2O2. The van der Waals surface area contributed by atoms with E-state index in [4.69, 9.17) is 22.1 Å². The number of anilines is 1. The molecule has 0 radical (unpaired) electrons. The van der Waals surface area contributed by atoms with Crippen LogP contribution in [0.1, 0.15) is 17.2 Å². The number of halogens is 1. The van der Waals surface area contributed by atoms with E-state index in [2.05, 4.69) is 5.32 Å². The van der Waals surface area contributed by atoms with Gasteiger partial charge in [-0.05, 0) is 23.8 Å². The molecule has 0 saturated carbocycles. The summed E-state index contributed by atoms with van der Waals surface area (Å²) in [7, 11) is 0. The van der Waals surface area contributed by atoms with Gasteiger partial charge in [-0.3, -0.25) is 4.79 Å². The number of hydrogen-bond acceptors (Lipinski definition) is 3. The maximum Gasteiger partial charge on any atom is 0.245 e. The molecule has 1 aliphatic heterocycles. The van der Waals surface area contributed by atoms with E-state index in [1.165, 1.54) is 0 Å². The van der Waals surface area contributed by atoms with Crippen LogP contribution < -0.4 is 15.8 Å². The number of nitrogens with one attached hydrogen (secondary N) is 1. The Balaban J connectivity index is 1.72. The van der Waals surface area contributed by atoms with Gasteiger partial charge < -0.3 is 15.8 Å². The Labute approximate surface area is 121 Å². The standard InChI is InChI=1S/C15H13ClN2O2/c16-10-3-1-9(2-4-10)8-20-11-5-6-12-13(7-11)18-15(19)14(12)17/h1-7,14H,8,17H2,(H,18,19). The predicted molar refractivity (Wildman–Crippen MR) is 77.8 cm³/mol. The summed E-state index contributed by atoms with van der Waals surface area (Å²) >= 11 is 5.83. The Morgan fingerprint density at radius 2 is 1.95 bits per heavy atom. The molecule has 2 aromatic rings. The number of rotatable bonds is 3. The second kappa shape index (κ2) is 5.15. The molecule has 4 nitrogen and oxygen atoms in total. The van der Waals surface area contributed by atoms with Gasteiger partial charge in [-0.25, -0.2) is 0 Å². The Morgan fingerprint density at radius 1 is 1.20 bits per heavy atom. The first kappa shape index (κ1) is 13.0. The first-order valence-electron chi connectivity index (χ1n) is 6.21. The normalized spacial score (nSPS) is 16.7. The van der Waals surface area contributed by atoms with Crippen molar-refractivity contribution in [1.82, 2.24) is 0 Å². The molecule has 1 aliphatic rings. The maximum atomic E-state index is 11.5. The van der Waals surface area contributed by atoms with Crippen molar-refractivity contribution in [1.29, 1.82) is 0 Å². The smallest absolute Gasteiger partial charge is 0.245 e. The van der Waals surface area contributed by atoms with Crippen molar-refractivity contribution in [3.8, 4) is 5.75 Å². The third-order valence-electron chi connectivity index (χ3n) is 3.22. The molecule has 1 heterocycles. The Morgan fingerprint density at radius 3 is 2.70 bits per heavy atom. The van der Waals surface area contributed by atoms with Crippen molar-refractivity contribution in [3.63, 3.8) is 0 Å². The molecule has 1 atom stereocenters. The number of ether oxygens (including phenoxy) is 1. The minimum absolute atomic E-state index is 0.185. The van der Waals surface area contributed by atoms with Crippen molar-refractivity contribution < 1.29 is 9.53 Å². The van der Waals surface area contributed by atoms with E-state index in [1.807, 2.05) is 36.4 Å². The van der Waals surface area contributed by atoms with Crippen LogP contribution in [-0.2, 0) is 11.4 Å². The molecule has 2 aromatic carbocycles. The van der Waals surface area contributed by atoms with Crippen molar-refractivity contribution >= 4 is 23.2 Å². The minimum Gasteiger partial charge on any atom is -0.489 e. The molecule has 1 unspecified atom stereocenters. The van der Waals surface area contributed by atoms with Crippen molar-refractivity contribution in [3.05, 3.63) is 58.6 Å². The van der Waals surface area contributed by atoms with Crippen LogP contribution in [0.4, 0.5) is 5.69 Å². The maximum absolute atomic E-state index is 11.5. The molecule has 0 aliphatic carbocycles. The number of amides is 1. The molecule has 0 saturated heterocycles. The summed E-state index contributed by atoms with van der Waals surface area (Å²) < 4.78 is 5.69. The van der Waals surface area contributed by atoms with Crippen LogP contribution in [0, 0.1) is 0 Å². The van der Waals surface area contributed by atoms with E-state index in [-0.39, 0.29) is 5.91 Å². The molecule has 0 bridgehead atoms. The van der Waals surface area contributed by atoms with Gasteiger partial charge in [-0.2, -0.15) is 0 Å². The zero-order valence-electron chi connectivity index (χ0n) is 10.6. The largest absolute Gasteiger partial charge is 0.489 e. The Kier molecular flexibility index (Phi) is 3.34. The monoisotopic (exact) mass is 288 g/mol. The van der Waals surface area contributed by atoms with E-state index in [0.717, 1.165) is 16.8 Å². The van der Waals surface area contributed by atoms with Gasteiger partial charge in [-0.15, -0.1) is 0 Å². The topological polar surface area (TPSA) is 64.4 Å². The first-order valence-corrected chi connectivity index (χ1v) is 6.59. The molecule has 5 heteroatoms. The summed E-state index contributed by atoms with van der Waals surface area (Å²) in [6.07, 6.45) is 0. The van der Waals surface area contributed by atoms with Crippen molar-refractivity contribution in [2.75, 3.05) is 5.32 Å². The number of carbonyl (C=O) groups is 1. The summed E-state index contributed by atoms with van der Waals surface area (Å²) in [6, 6.07) is 12.3. The van der Waals surface area contributed by atoms with Crippen LogP contribution in [-0.4, -0.2) is 5.91 Å². The number of benzene rings is 2. The summed E-state index contributed by atoms with van der Waals surface area (Å²) in [5.41, 5.74) is 8.30. The van der Waals surface area contributed by atoms with Gasteiger partial charge in [0.1, 0.15) is 18.4 Å². The van der Waals surface area contributed by atoms with Crippen LogP contribution in [0.5, 0.6) is 5.75 Å². The van der Waals surface area contributed by atoms with Crippen LogP contribution in [0.15, 0.2) is 42.5 Å². The fourth-order valence-electron chi connectivity index (χ4n) is 2.10. The second-order valence-corrected chi connectivity index (χ2v) is 5.07. The van der Waals surface area contributed by atoms with E-state index >= 15 is 0 Å². The summed E-state index contributed by atoms with van der Waals surface area (Å²) in [4.78, 5) is 11.5. The van der Waals surface area contributed by atoms with E-state index < -0.39 is 6.04 Å². The van der Waals surface area contributed by atoms with Crippen molar-refractivity contribution in [2.24, 2.45) is 5.73 Å². The first-order chi connectivity index (χ1) is 9.63. The zero-order chi connectivity index (χ0) is 14.1. The van der Waals surface area contributed by atoms with Gasteiger partial charge >= 0.3 is 0 Å². The average Bonchev–Trinajstić information content (AvgIpc) is 2.73. The lowest BCUT2D eigenvalue weighted by Crippen LogP contribution is -2.19. The molecule has 3 rings (SSSR count). The molecule has 1 amide bonds. The molecule has 0 aromatic heterocycles. The van der Waals surface area contributed by atoms with Gasteiger partial charge in [0.15, 0.2) is 0 Å². The van der Waals surface area contributed by atoms with Gasteiger partial charge in [0, 0.05) is 22.3 Å². The molecule has 0 fully saturated rings. The lowest BCUT2D eigenvalue weighted by atomic mass is 10.1. The van der Waals surface area contributed by atoms with Crippen LogP contribution in [0.25, 0.3) is 0 Å². The van der Waals surface area contributed by atoms with Gasteiger partial charge in [0.25, 0.3) is 0 Å². The average molecular weight is 289 g/mol. The minimum atomic E-state index is -0.588. The highest BCUT2D eigenvalue weighted by Gasteiger charge is 2.27. The number of nitrogens with two attached hydrogens (primary N) is 1. The Hall–Kier alpha value is -2.04. The Bertz CT molecular complexity index is 655. The molecule has 20 heavy (non-hydrogen) atoms.